The average molecular weight is 289 g/mol. The Morgan fingerprint density at radius 1 is 1.05 bits per heavy atom. The molecule has 0 saturated heterocycles. The van der Waals surface area contributed by atoms with Gasteiger partial charge in [-0.2, -0.15) is 0 Å². The summed E-state index contributed by atoms with van der Waals surface area (Å²) in [5.41, 5.74) is 3.76. The van der Waals surface area contributed by atoms with Crippen molar-refractivity contribution in [1.29, 1.82) is 0 Å². The molecule has 0 atom stereocenters. The molecule has 0 saturated carbocycles. The zero-order chi connectivity index (χ0) is 14.7. The fraction of sp³-hybridized carbons (Fsp3) is 0.235. The highest BCUT2D eigenvalue weighted by Crippen LogP contribution is 2.22. The van der Waals surface area contributed by atoms with Crippen molar-refractivity contribution < 1.29 is 9.53 Å². The van der Waals surface area contributed by atoms with Gasteiger partial charge in [0.1, 0.15) is 5.75 Å². The van der Waals surface area contributed by atoms with Crippen molar-refractivity contribution in [1.82, 2.24) is 0 Å². The first-order valence-corrected chi connectivity index (χ1v) is 6.84. The van der Waals surface area contributed by atoms with Gasteiger partial charge in [-0.25, -0.2) is 0 Å². The van der Waals surface area contributed by atoms with Gasteiger partial charge < -0.3 is 4.74 Å². The summed E-state index contributed by atoms with van der Waals surface area (Å²) < 4.78 is 5.59. The molecule has 3 heteroatoms. The lowest BCUT2D eigenvalue weighted by Crippen LogP contribution is -2.13. The summed E-state index contributed by atoms with van der Waals surface area (Å²) in [6, 6.07) is 11.1. The minimum absolute atomic E-state index is 0.0168. The van der Waals surface area contributed by atoms with E-state index in [1.165, 1.54) is 0 Å². The van der Waals surface area contributed by atoms with Gasteiger partial charge in [-0.15, -0.1) is 0 Å². The number of rotatable bonds is 4. The molecule has 0 fully saturated rings. The van der Waals surface area contributed by atoms with Gasteiger partial charge in [-0.3, -0.25) is 4.79 Å². The first-order chi connectivity index (χ1) is 9.47. The van der Waals surface area contributed by atoms with E-state index in [-0.39, 0.29) is 12.4 Å². The van der Waals surface area contributed by atoms with E-state index in [1.807, 2.05) is 45.0 Å². The predicted octanol–water partition coefficient (Wildman–Crippen LogP) is 4.53. The van der Waals surface area contributed by atoms with Crippen molar-refractivity contribution in [3.63, 3.8) is 0 Å². The second-order valence-electron chi connectivity index (χ2n) is 4.94. The van der Waals surface area contributed by atoms with Crippen molar-refractivity contribution in [2.24, 2.45) is 0 Å². The van der Waals surface area contributed by atoms with Crippen LogP contribution in [0.2, 0.25) is 5.02 Å². The molecule has 0 N–H and O–H groups in total. The number of carbonyl (C=O) groups is 1. The lowest BCUT2D eigenvalue weighted by molar-refractivity contribution is 0.0920. The van der Waals surface area contributed by atoms with Gasteiger partial charge in [-0.05, 0) is 50.1 Å². The third-order valence-corrected chi connectivity index (χ3v) is 3.41. The molecule has 104 valence electrons. The van der Waals surface area contributed by atoms with Crippen LogP contribution in [-0.2, 0) is 0 Å². The Morgan fingerprint density at radius 2 is 1.80 bits per heavy atom. The van der Waals surface area contributed by atoms with E-state index < -0.39 is 0 Å². The number of hydrogen-bond donors (Lipinski definition) is 0. The minimum atomic E-state index is -0.0168. The fourth-order valence-electron chi connectivity index (χ4n) is 2.12. The van der Waals surface area contributed by atoms with E-state index in [1.54, 1.807) is 12.1 Å². The van der Waals surface area contributed by atoms with Crippen LogP contribution in [0.5, 0.6) is 5.75 Å². The van der Waals surface area contributed by atoms with E-state index in [4.69, 9.17) is 16.3 Å². The number of aryl methyl sites for hydroxylation is 3. The first-order valence-electron chi connectivity index (χ1n) is 6.47. The summed E-state index contributed by atoms with van der Waals surface area (Å²) in [7, 11) is 0. The van der Waals surface area contributed by atoms with Crippen LogP contribution in [-0.4, -0.2) is 12.4 Å². The summed E-state index contributed by atoms with van der Waals surface area (Å²) in [5, 5.41) is 0.663. The van der Waals surface area contributed by atoms with Crippen molar-refractivity contribution in [3.05, 3.63) is 63.7 Å². The quantitative estimate of drug-likeness (QED) is 0.773. The standard InChI is InChI=1S/C17H17ClO2/c1-11-4-6-15(12(2)8-11)16(19)10-20-17-7-5-14(18)9-13(17)3/h4-9H,10H2,1-3H3. The predicted molar refractivity (Wildman–Crippen MR) is 81.9 cm³/mol. The maximum Gasteiger partial charge on any atom is 0.200 e. The molecule has 0 heterocycles. The molecule has 0 aliphatic rings. The van der Waals surface area contributed by atoms with Gasteiger partial charge in [0, 0.05) is 10.6 Å². The van der Waals surface area contributed by atoms with E-state index in [0.29, 0.717) is 16.3 Å². The number of benzene rings is 2. The molecule has 0 aliphatic heterocycles. The van der Waals surface area contributed by atoms with Crippen LogP contribution in [0.25, 0.3) is 0 Å². The van der Waals surface area contributed by atoms with Gasteiger partial charge in [0.2, 0.25) is 0 Å². The lowest BCUT2D eigenvalue weighted by Gasteiger charge is -2.10. The Labute approximate surface area is 124 Å². The highest BCUT2D eigenvalue weighted by atomic mass is 35.5. The molecule has 20 heavy (non-hydrogen) atoms. The molecule has 0 aliphatic carbocycles. The number of ketones is 1. The molecular weight excluding hydrogens is 272 g/mol. The van der Waals surface area contributed by atoms with Crippen LogP contribution < -0.4 is 4.74 Å². The van der Waals surface area contributed by atoms with Crippen LogP contribution >= 0.6 is 11.6 Å². The highest BCUT2D eigenvalue weighted by molar-refractivity contribution is 6.30. The van der Waals surface area contributed by atoms with Crippen molar-refractivity contribution in [3.8, 4) is 5.75 Å². The molecule has 0 unspecified atom stereocenters. The topological polar surface area (TPSA) is 26.3 Å². The third kappa shape index (κ3) is 3.40. The summed E-state index contributed by atoms with van der Waals surface area (Å²) >= 11 is 5.89. The smallest absolute Gasteiger partial charge is 0.200 e. The molecular formula is C17H17ClO2. The molecule has 0 amide bonds. The van der Waals surface area contributed by atoms with Gasteiger partial charge >= 0.3 is 0 Å². The first kappa shape index (κ1) is 14.6. The molecule has 2 nitrogen and oxygen atoms in total. The summed E-state index contributed by atoms with van der Waals surface area (Å²) in [6.45, 7) is 5.89. The molecule has 2 aromatic rings. The van der Waals surface area contributed by atoms with Crippen LogP contribution in [0.4, 0.5) is 0 Å². The highest BCUT2D eigenvalue weighted by Gasteiger charge is 2.10. The molecule has 0 bridgehead atoms. The summed E-state index contributed by atoms with van der Waals surface area (Å²) in [6.07, 6.45) is 0. The Bertz CT molecular complexity index is 647. The zero-order valence-electron chi connectivity index (χ0n) is 11.9. The van der Waals surface area contributed by atoms with Gasteiger partial charge in [0.25, 0.3) is 0 Å². The van der Waals surface area contributed by atoms with E-state index >= 15 is 0 Å². The maximum absolute atomic E-state index is 12.2. The Morgan fingerprint density at radius 3 is 2.45 bits per heavy atom. The van der Waals surface area contributed by atoms with Crippen LogP contribution in [0.3, 0.4) is 0 Å². The SMILES string of the molecule is Cc1ccc(C(=O)COc2ccc(Cl)cc2C)c(C)c1. The maximum atomic E-state index is 12.2. The monoisotopic (exact) mass is 288 g/mol. The number of ether oxygens (including phenoxy) is 1. The van der Waals surface area contributed by atoms with E-state index in [0.717, 1.165) is 16.7 Å². The van der Waals surface area contributed by atoms with Crippen molar-refractivity contribution in [2.75, 3.05) is 6.61 Å². The van der Waals surface area contributed by atoms with Crippen LogP contribution in [0.1, 0.15) is 27.0 Å². The zero-order valence-corrected chi connectivity index (χ0v) is 12.6. The average Bonchev–Trinajstić information content (AvgIpc) is 2.37. The fourth-order valence-corrected chi connectivity index (χ4v) is 2.35. The van der Waals surface area contributed by atoms with Crippen molar-refractivity contribution in [2.45, 2.75) is 20.8 Å². The second-order valence-corrected chi connectivity index (χ2v) is 5.38. The van der Waals surface area contributed by atoms with E-state index in [9.17, 15) is 4.79 Å². The second kappa shape index (κ2) is 6.10. The van der Waals surface area contributed by atoms with Gasteiger partial charge in [0.05, 0.1) is 0 Å². The normalized spacial score (nSPS) is 10.4. The van der Waals surface area contributed by atoms with Crippen LogP contribution in [0, 0.1) is 20.8 Å². The number of carbonyl (C=O) groups excluding carboxylic acids is 1. The summed E-state index contributed by atoms with van der Waals surface area (Å²) in [5.74, 6) is 0.671. The largest absolute Gasteiger partial charge is 0.485 e. The molecule has 0 aromatic heterocycles. The summed E-state index contributed by atoms with van der Waals surface area (Å²) in [4.78, 5) is 12.2. The number of halogens is 1. The molecule has 0 radical (unpaired) electrons. The molecule has 2 aromatic carbocycles. The minimum Gasteiger partial charge on any atom is -0.485 e. The third-order valence-electron chi connectivity index (χ3n) is 3.18. The molecule has 2 rings (SSSR count). The van der Waals surface area contributed by atoms with Crippen LogP contribution in [0.15, 0.2) is 36.4 Å². The van der Waals surface area contributed by atoms with Crippen molar-refractivity contribution >= 4 is 17.4 Å². The Hall–Kier alpha value is -1.80. The van der Waals surface area contributed by atoms with Gasteiger partial charge in [0.15, 0.2) is 12.4 Å². The Balaban J connectivity index is 2.08. The van der Waals surface area contributed by atoms with E-state index in [2.05, 4.69) is 0 Å². The molecule has 0 spiro atoms. The Kier molecular flexibility index (Phi) is 4.46. The van der Waals surface area contributed by atoms with Gasteiger partial charge in [-0.1, -0.05) is 35.4 Å². The number of Topliss-reactive ketones (excluding diaryl/α,β-unsaturated/α-hetero) is 1. The lowest BCUT2D eigenvalue weighted by atomic mass is 10.0. The number of hydrogen-bond acceptors (Lipinski definition) is 2.